The second-order valence-corrected chi connectivity index (χ2v) is 3.56. The van der Waals surface area contributed by atoms with Crippen molar-refractivity contribution in [1.82, 2.24) is 0 Å². The zero-order chi connectivity index (χ0) is 8.91. The zero-order valence-corrected chi connectivity index (χ0v) is 7.81. The van der Waals surface area contributed by atoms with Gasteiger partial charge in [0.2, 0.25) is 0 Å². The van der Waals surface area contributed by atoms with Crippen molar-refractivity contribution in [3.8, 4) is 0 Å². The van der Waals surface area contributed by atoms with Gasteiger partial charge in [0.15, 0.2) is 5.78 Å². The maximum absolute atomic E-state index is 11.2. The molecule has 0 saturated carbocycles. The number of hydrogen-bond donors (Lipinski definition) is 0. The van der Waals surface area contributed by atoms with Gasteiger partial charge in [0.25, 0.3) is 0 Å². The Bertz CT molecular complexity index is 145. The molecule has 0 unspecified atom stereocenters. The summed E-state index contributed by atoms with van der Waals surface area (Å²) in [7, 11) is 0. The van der Waals surface area contributed by atoms with E-state index in [1.165, 1.54) is 6.08 Å². The van der Waals surface area contributed by atoms with Gasteiger partial charge in [-0.25, -0.2) is 0 Å². The predicted octanol–water partition coefficient (Wildman–Crippen LogP) is 2.96. The van der Waals surface area contributed by atoms with E-state index in [4.69, 9.17) is 0 Å². The van der Waals surface area contributed by atoms with Crippen LogP contribution in [0.4, 0.5) is 0 Å². The molecule has 0 N–H and O–H groups in total. The number of carbonyl (C=O) groups is 1. The molecule has 0 aromatic heterocycles. The number of hydrogen-bond acceptors (Lipinski definition) is 1. The molecule has 0 aliphatic carbocycles. The van der Waals surface area contributed by atoms with E-state index in [-0.39, 0.29) is 11.2 Å². The summed E-state index contributed by atoms with van der Waals surface area (Å²) in [6.45, 7) is 9.58. The van der Waals surface area contributed by atoms with Crippen LogP contribution in [0, 0.1) is 5.41 Å². The molecule has 0 aliphatic heterocycles. The van der Waals surface area contributed by atoms with E-state index < -0.39 is 0 Å². The third kappa shape index (κ3) is 3.35. The molecule has 0 fully saturated rings. The fraction of sp³-hybridized carbons (Fsp3) is 0.700. The van der Waals surface area contributed by atoms with Crippen molar-refractivity contribution in [2.24, 2.45) is 5.41 Å². The lowest BCUT2D eigenvalue weighted by Gasteiger charge is -2.20. The average Bonchev–Trinajstić information content (AvgIpc) is 1.99. The van der Waals surface area contributed by atoms with Crippen LogP contribution in [0.15, 0.2) is 12.7 Å². The van der Waals surface area contributed by atoms with Gasteiger partial charge in [-0.2, -0.15) is 0 Å². The van der Waals surface area contributed by atoms with Crippen LogP contribution < -0.4 is 0 Å². The SMILES string of the molecule is C=CC(=O)C(C)(C)CCCC. The summed E-state index contributed by atoms with van der Waals surface area (Å²) in [5.74, 6) is 0.158. The van der Waals surface area contributed by atoms with Gasteiger partial charge in [-0.1, -0.05) is 40.2 Å². The monoisotopic (exact) mass is 154 g/mol. The molecule has 1 nitrogen and oxygen atoms in total. The number of ketones is 1. The highest BCUT2D eigenvalue weighted by Gasteiger charge is 2.23. The second kappa shape index (κ2) is 4.32. The largest absolute Gasteiger partial charge is 0.294 e. The Morgan fingerprint density at radius 1 is 1.55 bits per heavy atom. The highest BCUT2D eigenvalue weighted by Crippen LogP contribution is 2.24. The van der Waals surface area contributed by atoms with Crippen LogP contribution in [-0.2, 0) is 4.79 Å². The third-order valence-electron chi connectivity index (χ3n) is 2.01. The molecule has 0 aromatic carbocycles. The van der Waals surface area contributed by atoms with Crippen LogP contribution in [-0.4, -0.2) is 5.78 Å². The number of unbranched alkanes of at least 4 members (excludes halogenated alkanes) is 1. The molecule has 0 rings (SSSR count). The zero-order valence-electron chi connectivity index (χ0n) is 7.81. The van der Waals surface area contributed by atoms with Crippen molar-refractivity contribution in [1.29, 1.82) is 0 Å². The van der Waals surface area contributed by atoms with Crippen LogP contribution in [0.25, 0.3) is 0 Å². The second-order valence-electron chi connectivity index (χ2n) is 3.56. The van der Waals surface area contributed by atoms with Gasteiger partial charge in [0, 0.05) is 5.41 Å². The molecule has 0 bridgehead atoms. The lowest BCUT2D eigenvalue weighted by Crippen LogP contribution is -2.21. The Hall–Kier alpha value is -0.590. The van der Waals surface area contributed by atoms with E-state index in [9.17, 15) is 4.79 Å². The summed E-state index contributed by atoms with van der Waals surface area (Å²) < 4.78 is 0. The summed E-state index contributed by atoms with van der Waals surface area (Å²) in [5.41, 5.74) is -0.197. The van der Waals surface area contributed by atoms with Gasteiger partial charge in [0.1, 0.15) is 0 Å². The number of carbonyl (C=O) groups excluding carboxylic acids is 1. The lowest BCUT2D eigenvalue weighted by molar-refractivity contribution is -0.122. The molecule has 0 aromatic rings. The maximum Gasteiger partial charge on any atom is 0.160 e. The molecule has 1 heteroatoms. The van der Waals surface area contributed by atoms with Crippen LogP contribution in [0.5, 0.6) is 0 Å². The van der Waals surface area contributed by atoms with E-state index >= 15 is 0 Å². The molecule has 0 saturated heterocycles. The molecule has 0 aliphatic rings. The molecule has 0 amide bonds. The van der Waals surface area contributed by atoms with E-state index in [1.54, 1.807) is 0 Å². The molecule has 0 atom stereocenters. The number of rotatable bonds is 5. The van der Waals surface area contributed by atoms with Gasteiger partial charge in [-0.15, -0.1) is 0 Å². The summed E-state index contributed by atoms with van der Waals surface area (Å²) in [6.07, 6.45) is 4.66. The Labute approximate surface area is 69.5 Å². The van der Waals surface area contributed by atoms with Crippen LogP contribution in [0.1, 0.15) is 40.0 Å². The maximum atomic E-state index is 11.2. The fourth-order valence-corrected chi connectivity index (χ4v) is 1.02. The molecule has 64 valence electrons. The van der Waals surface area contributed by atoms with Crippen molar-refractivity contribution in [3.05, 3.63) is 12.7 Å². The molecule has 0 spiro atoms. The topological polar surface area (TPSA) is 17.1 Å². The van der Waals surface area contributed by atoms with Gasteiger partial charge in [-0.3, -0.25) is 4.79 Å². The lowest BCUT2D eigenvalue weighted by atomic mass is 9.83. The first kappa shape index (κ1) is 10.4. The molecular formula is C10H18O. The number of allylic oxidation sites excluding steroid dienone is 1. The molecule has 0 radical (unpaired) electrons. The van der Waals surface area contributed by atoms with Crippen LogP contribution in [0.2, 0.25) is 0 Å². The first-order valence-corrected chi connectivity index (χ1v) is 4.21. The predicted molar refractivity (Wildman–Crippen MR) is 48.5 cm³/mol. The first-order chi connectivity index (χ1) is 5.04. The summed E-state index contributed by atoms with van der Waals surface area (Å²) in [4.78, 5) is 11.2. The van der Waals surface area contributed by atoms with Gasteiger partial charge >= 0.3 is 0 Å². The Morgan fingerprint density at radius 3 is 2.45 bits per heavy atom. The minimum Gasteiger partial charge on any atom is -0.294 e. The highest BCUT2D eigenvalue weighted by atomic mass is 16.1. The van der Waals surface area contributed by atoms with E-state index in [2.05, 4.69) is 13.5 Å². The van der Waals surface area contributed by atoms with Crippen LogP contribution >= 0.6 is 0 Å². The summed E-state index contributed by atoms with van der Waals surface area (Å²) >= 11 is 0. The van der Waals surface area contributed by atoms with Crippen molar-refractivity contribution in [3.63, 3.8) is 0 Å². The quantitative estimate of drug-likeness (QED) is 0.556. The molecule has 11 heavy (non-hydrogen) atoms. The minimum absolute atomic E-state index is 0.158. The Balaban J connectivity index is 3.98. The van der Waals surface area contributed by atoms with Crippen molar-refractivity contribution in [2.45, 2.75) is 40.0 Å². The third-order valence-corrected chi connectivity index (χ3v) is 2.01. The first-order valence-electron chi connectivity index (χ1n) is 4.21. The highest BCUT2D eigenvalue weighted by molar-refractivity contribution is 5.93. The molecular weight excluding hydrogens is 136 g/mol. The van der Waals surface area contributed by atoms with Gasteiger partial charge in [-0.05, 0) is 12.5 Å². The minimum atomic E-state index is -0.197. The van der Waals surface area contributed by atoms with Crippen molar-refractivity contribution in [2.75, 3.05) is 0 Å². The van der Waals surface area contributed by atoms with E-state index in [0.717, 1.165) is 19.3 Å². The van der Waals surface area contributed by atoms with Crippen molar-refractivity contribution >= 4 is 5.78 Å². The smallest absolute Gasteiger partial charge is 0.160 e. The standard InChI is InChI=1S/C10H18O/c1-5-7-8-10(3,4)9(11)6-2/h6H,2,5,7-8H2,1,3-4H3. The summed E-state index contributed by atoms with van der Waals surface area (Å²) in [5, 5.41) is 0. The average molecular weight is 154 g/mol. The van der Waals surface area contributed by atoms with Crippen molar-refractivity contribution < 1.29 is 4.79 Å². The van der Waals surface area contributed by atoms with E-state index in [1.807, 2.05) is 13.8 Å². The van der Waals surface area contributed by atoms with E-state index in [0.29, 0.717) is 0 Å². The Morgan fingerprint density at radius 2 is 2.09 bits per heavy atom. The normalized spacial score (nSPS) is 11.2. The molecule has 0 heterocycles. The van der Waals surface area contributed by atoms with Crippen LogP contribution in [0.3, 0.4) is 0 Å². The van der Waals surface area contributed by atoms with Gasteiger partial charge < -0.3 is 0 Å². The Kier molecular flexibility index (Phi) is 4.09. The summed E-state index contributed by atoms with van der Waals surface area (Å²) in [6, 6.07) is 0. The van der Waals surface area contributed by atoms with Gasteiger partial charge in [0.05, 0.1) is 0 Å². The fourth-order valence-electron chi connectivity index (χ4n) is 1.02.